The van der Waals surface area contributed by atoms with E-state index in [1.807, 2.05) is 39.8 Å². The summed E-state index contributed by atoms with van der Waals surface area (Å²) in [6.07, 6.45) is 0.479. The van der Waals surface area contributed by atoms with Crippen molar-refractivity contribution < 1.29 is 27.9 Å². The second kappa shape index (κ2) is 9.58. The van der Waals surface area contributed by atoms with Gasteiger partial charge in [0.25, 0.3) is 5.91 Å². The topological polar surface area (TPSA) is 150 Å². The number of aromatic nitrogens is 4. The number of hydrogen-bond acceptors (Lipinski definition) is 7. The van der Waals surface area contributed by atoms with Gasteiger partial charge in [-0.05, 0) is 43.2 Å². The number of halogens is 3. The molecule has 0 saturated heterocycles. The minimum Gasteiger partial charge on any atom is -0.475 e. The van der Waals surface area contributed by atoms with Crippen LogP contribution in [-0.4, -0.2) is 48.9 Å². The number of thiophene rings is 1. The van der Waals surface area contributed by atoms with E-state index in [9.17, 15) is 18.0 Å². The molecule has 0 radical (unpaired) electrons. The van der Waals surface area contributed by atoms with E-state index in [0.717, 1.165) is 53.1 Å². The number of alkyl halides is 3. The summed E-state index contributed by atoms with van der Waals surface area (Å²) in [5, 5.41) is 17.4. The number of primary amides is 1. The molecule has 1 saturated carbocycles. The van der Waals surface area contributed by atoms with Crippen molar-refractivity contribution in [3.8, 4) is 11.4 Å². The van der Waals surface area contributed by atoms with E-state index < -0.39 is 18.1 Å². The lowest BCUT2D eigenvalue weighted by Gasteiger charge is -2.27. The highest BCUT2D eigenvalue weighted by molar-refractivity contribution is 7.08. The van der Waals surface area contributed by atoms with Gasteiger partial charge in [-0.2, -0.15) is 29.6 Å². The molecule has 184 valence electrons. The van der Waals surface area contributed by atoms with Crippen LogP contribution in [0.2, 0.25) is 0 Å². The summed E-state index contributed by atoms with van der Waals surface area (Å²) >= 11 is 1.61. The molecule has 3 aromatic heterocycles. The molecule has 35 heavy (non-hydrogen) atoms. The van der Waals surface area contributed by atoms with Crippen molar-refractivity contribution in [3.05, 3.63) is 40.8 Å². The number of hydrogen-bond donors (Lipinski definition) is 3. The molecule has 3 heterocycles. The number of carboxylic acids is 1. The number of rotatable bonds is 3. The number of carbonyl (C=O) groups excluding carboxylic acids is 1. The van der Waals surface area contributed by atoms with E-state index in [0.29, 0.717) is 11.5 Å². The normalized spacial score (nSPS) is 18.3. The Balaban J connectivity index is 0.000000364. The Hall–Kier alpha value is -3.58. The standard InChI is InChI=1S/C20H20N6OS.C2HF3O2/c21-13-2-4-14(5-3-13)26-18-15(17(25-26)19(22)27)6-1-11-9-23-20(24-16(11)18)12-7-8-28-10-12;3-2(4,5)1(6)7/h1,6-10,13-14H,2-5,21H2,(H2,22,27);(H,6,7). The van der Waals surface area contributed by atoms with Gasteiger partial charge < -0.3 is 16.6 Å². The van der Waals surface area contributed by atoms with E-state index in [1.54, 1.807) is 11.3 Å². The van der Waals surface area contributed by atoms with Gasteiger partial charge in [-0.25, -0.2) is 14.8 Å². The number of nitrogens with zero attached hydrogens (tertiary/aromatic N) is 4. The third-order valence-electron chi connectivity index (χ3n) is 5.76. The molecule has 13 heteroatoms. The Labute approximate surface area is 200 Å². The molecular weight excluding hydrogens is 485 g/mol. The Kier molecular flexibility index (Phi) is 6.72. The average Bonchev–Trinajstić information content (AvgIpc) is 3.48. The van der Waals surface area contributed by atoms with Gasteiger partial charge >= 0.3 is 12.1 Å². The van der Waals surface area contributed by atoms with Crippen LogP contribution in [0.3, 0.4) is 0 Å². The highest BCUT2D eigenvalue weighted by Gasteiger charge is 2.38. The fraction of sp³-hybridized carbons (Fsp3) is 0.318. The number of aliphatic carboxylic acids is 1. The highest BCUT2D eigenvalue weighted by atomic mass is 32.1. The van der Waals surface area contributed by atoms with Gasteiger partial charge in [-0.1, -0.05) is 6.07 Å². The van der Waals surface area contributed by atoms with E-state index in [1.165, 1.54) is 0 Å². The lowest BCUT2D eigenvalue weighted by atomic mass is 9.92. The van der Waals surface area contributed by atoms with Crippen molar-refractivity contribution in [2.24, 2.45) is 11.5 Å². The first-order valence-corrected chi connectivity index (χ1v) is 11.6. The van der Waals surface area contributed by atoms with Gasteiger partial charge in [0.2, 0.25) is 0 Å². The van der Waals surface area contributed by atoms with Crippen molar-refractivity contribution in [1.29, 1.82) is 0 Å². The SMILES string of the molecule is NC(=O)c1nn(C2CCC(N)CC2)c2c1ccc1cnc(-c3ccsc3)nc12.O=C(O)C(F)(F)F. The highest BCUT2D eigenvalue weighted by Crippen LogP contribution is 2.35. The van der Waals surface area contributed by atoms with Crippen molar-refractivity contribution in [2.45, 2.75) is 43.9 Å². The molecular formula is C22H21F3N6O3S. The van der Waals surface area contributed by atoms with Gasteiger partial charge in [0.1, 0.15) is 5.52 Å². The van der Waals surface area contributed by atoms with E-state index >= 15 is 0 Å². The Morgan fingerprint density at radius 3 is 2.40 bits per heavy atom. The van der Waals surface area contributed by atoms with Crippen LogP contribution in [0.5, 0.6) is 0 Å². The molecule has 0 unspecified atom stereocenters. The van der Waals surface area contributed by atoms with Crippen LogP contribution in [0.25, 0.3) is 33.2 Å². The van der Waals surface area contributed by atoms with Gasteiger partial charge in [0, 0.05) is 34.0 Å². The van der Waals surface area contributed by atoms with Gasteiger partial charge in [0.15, 0.2) is 11.5 Å². The summed E-state index contributed by atoms with van der Waals surface area (Å²) in [6, 6.07) is 6.23. The Bertz CT molecular complexity index is 1380. The molecule has 4 aromatic rings. The lowest BCUT2D eigenvalue weighted by Crippen LogP contribution is -2.28. The second-order valence-corrected chi connectivity index (χ2v) is 8.91. The molecule has 9 nitrogen and oxygen atoms in total. The maximum absolute atomic E-state index is 12.0. The average molecular weight is 507 g/mol. The third kappa shape index (κ3) is 5.10. The lowest BCUT2D eigenvalue weighted by molar-refractivity contribution is -0.192. The zero-order valence-electron chi connectivity index (χ0n) is 18.2. The van der Waals surface area contributed by atoms with Crippen molar-refractivity contribution in [3.63, 3.8) is 0 Å². The number of carbonyl (C=O) groups is 2. The maximum Gasteiger partial charge on any atom is 0.490 e. The maximum atomic E-state index is 12.0. The van der Waals surface area contributed by atoms with E-state index in [2.05, 4.69) is 10.1 Å². The minimum atomic E-state index is -5.08. The summed E-state index contributed by atoms with van der Waals surface area (Å²) in [6.45, 7) is 0. The second-order valence-electron chi connectivity index (χ2n) is 8.13. The number of amides is 1. The Morgan fingerprint density at radius 1 is 1.14 bits per heavy atom. The quantitative estimate of drug-likeness (QED) is 0.381. The molecule has 1 amide bonds. The van der Waals surface area contributed by atoms with Gasteiger partial charge in [0.05, 0.1) is 11.6 Å². The summed E-state index contributed by atoms with van der Waals surface area (Å²) in [5.41, 5.74) is 14.6. The van der Waals surface area contributed by atoms with Crippen LogP contribution in [0, 0.1) is 0 Å². The van der Waals surface area contributed by atoms with Gasteiger partial charge in [-0.15, -0.1) is 0 Å². The fourth-order valence-corrected chi connectivity index (χ4v) is 4.67. The largest absolute Gasteiger partial charge is 0.490 e. The smallest absolute Gasteiger partial charge is 0.475 e. The molecule has 1 fully saturated rings. The molecule has 1 aliphatic rings. The Morgan fingerprint density at radius 2 is 1.83 bits per heavy atom. The van der Waals surface area contributed by atoms with Crippen LogP contribution in [-0.2, 0) is 4.79 Å². The zero-order valence-corrected chi connectivity index (χ0v) is 19.0. The number of benzene rings is 1. The molecule has 1 aromatic carbocycles. The first-order valence-electron chi connectivity index (χ1n) is 10.6. The summed E-state index contributed by atoms with van der Waals surface area (Å²) in [4.78, 5) is 30.3. The monoisotopic (exact) mass is 506 g/mol. The number of nitrogens with two attached hydrogens (primary N) is 2. The van der Waals surface area contributed by atoms with Crippen molar-refractivity contribution in [2.75, 3.05) is 0 Å². The third-order valence-corrected chi connectivity index (χ3v) is 6.44. The molecule has 0 atom stereocenters. The zero-order chi connectivity index (χ0) is 25.3. The van der Waals surface area contributed by atoms with Crippen molar-refractivity contribution in [1.82, 2.24) is 19.7 Å². The van der Waals surface area contributed by atoms with Crippen LogP contribution in [0.4, 0.5) is 13.2 Å². The molecule has 1 aliphatic carbocycles. The molecule has 0 aliphatic heterocycles. The summed E-state index contributed by atoms with van der Waals surface area (Å²) < 4.78 is 33.7. The predicted molar refractivity (Wildman–Crippen MR) is 124 cm³/mol. The number of fused-ring (bicyclic) bond motifs is 3. The van der Waals surface area contributed by atoms with Crippen molar-refractivity contribution >= 4 is 45.0 Å². The molecule has 0 spiro atoms. The predicted octanol–water partition coefficient (Wildman–Crippen LogP) is 3.88. The van der Waals surface area contributed by atoms with Gasteiger partial charge in [-0.3, -0.25) is 9.48 Å². The first-order chi connectivity index (χ1) is 16.6. The van der Waals surface area contributed by atoms with Crippen LogP contribution >= 0.6 is 11.3 Å². The molecule has 5 rings (SSSR count). The summed E-state index contributed by atoms with van der Waals surface area (Å²) in [7, 11) is 0. The van der Waals surface area contributed by atoms with E-state index in [-0.39, 0.29) is 12.1 Å². The summed E-state index contributed by atoms with van der Waals surface area (Å²) in [5.74, 6) is -2.62. The van der Waals surface area contributed by atoms with Crippen LogP contribution < -0.4 is 11.5 Å². The fourth-order valence-electron chi connectivity index (χ4n) is 4.04. The van der Waals surface area contributed by atoms with E-state index in [4.69, 9.17) is 26.4 Å². The molecule has 5 N–H and O–H groups in total. The molecule has 0 bridgehead atoms. The van der Waals surface area contributed by atoms with Crippen LogP contribution in [0.1, 0.15) is 42.2 Å². The van der Waals surface area contributed by atoms with Crippen LogP contribution in [0.15, 0.2) is 35.2 Å². The minimum absolute atomic E-state index is 0.181. The first kappa shape index (κ1) is 24.5. The number of carboxylic acid groups (broad SMARTS) is 1.